The molecule has 3 nitrogen and oxygen atoms in total. The zero-order valence-electron chi connectivity index (χ0n) is 12.0. The van der Waals surface area contributed by atoms with Crippen LogP contribution in [0.1, 0.15) is 24.8 Å². The lowest BCUT2D eigenvalue weighted by Gasteiger charge is -2.13. The number of benzene rings is 1. The number of unbranched alkanes of at least 4 members (excludes halogenated alkanes) is 2. The molecule has 0 amide bonds. The third kappa shape index (κ3) is 7.28. The normalized spacial score (nSPS) is 10.3. The molecule has 1 rings (SSSR count). The maximum absolute atomic E-state index is 6.22. The highest BCUT2D eigenvalue weighted by molar-refractivity contribution is 6.55. The molecule has 0 unspecified atom stereocenters. The highest BCUT2D eigenvalue weighted by Gasteiger charge is 2.08. The van der Waals surface area contributed by atoms with Gasteiger partial charge >= 0.3 is 0 Å². The van der Waals surface area contributed by atoms with Crippen LogP contribution in [0.4, 0.5) is 0 Å². The number of ether oxygens (including phenoxy) is 2. The van der Waals surface area contributed by atoms with Gasteiger partial charge in [-0.2, -0.15) is 0 Å². The van der Waals surface area contributed by atoms with Crippen molar-refractivity contribution in [1.82, 2.24) is 0 Å². The number of halogens is 3. The van der Waals surface area contributed by atoms with Crippen molar-refractivity contribution in [2.45, 2.75) is 26.2 Å². The lowest BCUT2D eigenvalue weighted by atomic mass is 10.2. The van der Waals surface area contributed by atoms with E-state index in [-0.39, 0.29) is 11.1 Å². The summed E-state index contributed by atoms with van der Waals surface area (Å²) in [6, 6.07) is 3.59. The van der Waals surface area contributed by atoms with Gasteiger partial charge in [-0.05, 0) is 50.4 Å². The molecule has 0 heterocycles. The molecule has 0 aliphatic rings. The van der Waals surface area contributed by atoms with E-state index in [4.69, 9.17) is 50.0 Å². The summed E-state index contributed by atoms with van der Waals surface area (Å²) >= 11 is 17.3. The molecule has 1 aromatic rings. The average molecular weight is 353 g/mol. The predicted molar refractivity (Wildman–Crippen MR) is 89.9 cm³/mol. The van der Waals surface area contributed by atoms with Crippen LogP contribution in [0.3, 0.4) is 0 Å². The molecule has 0 saturated heterocycles. The second-order valence-corrected chi connectivity index (χ2v) is 5.97. The summed E-state index contributed by atoms with van der Waals surface area (Å²) in [4.78, 5) is 0. The lowest BCUT2D eigenvalue weighted by molar-refractivity contribution is 0.302. The third-order valence-corrected chi connectivity index (χ3v) is 3.37. The van der Waals surface area contributed by atoms with Crippen LogP contribution in [0.15, 0.2) is 22.7 Å². The van der Waals surface area contributed by atoms with Crippen LogP contribution in [0.5, 0.6) is 11.5 Å². The van der Waals surface area contributed by atoms with Crippen molar-refractivity contribution in [2.75, 3.05) is 19.8 Å². The molecule has 0 fully saturated rings. The van der Waals surface area contributed by atoms with Crippen LogP contribution < -0.4 is 15.2 Å². The molecule has 2 N–H and O–H groups in total. The Bertz CT molecular complexity index is 451. The van der Waals surface area contributed by atoms with Gasteiger partial charge in [-0.1, -0.05) is 34.8 Å². The molecular weight excluding hydrogens is 333 g/mol. The standard InChI is InChI=1S/C15H20Cl3NO2/c1-11-9-12(20-8-5-14(17)18)10-13(16)15(11)21-7-4-2-3-6-19/h5,9-10H,2-4,6-8,19H2,1H3. The van der Waals surface area contributed by atoms with Crippen molar-refractivity contribution >= 4 is 34.8 Å². The van der Waals surface area contributed by atoms with E-state index in [0.29, 0.717) is 29.7 Å². The van der Waals surface area contributed by atoms with Crippen LogP contribution in [0.2, 0.25) is 5.02 Å². The molecule has 0 aliphatic carbocycles. The minimum atomic E-state index is 0.176. The van der Waals surface area contributed by atoms with Crippen molar-refractivity contribution in [3.8, 4) is 11.5 Å². The van der Waals surface area contributed by atoms with Crippen LogP contribution in [-0.2, 0) is 0 Å². The van der Waals surface area contributed by atoms with E-state index >= 15 is 0 Å². The van der Waals surface area contributed by atoms with Gasteiger partial charge in [0, 0.05) is 6.07 Å². The van der Waals surface area contributed by atoms with Gasteiger partial charge in [-0.3, -0.25) is 0 Å². The fraction of sp³-hybridized carbons (Fsp3) is 0.467. The zero-order valence-corrected chi connectivity index (χ0v) is 14.3. The number of hydrogen-bond donors (Lipinski definition) is 1. The van der Waals surface area contributed by atoms with E-state index < -0.39 is 0 Å². The Morgan fingerprint density at radius 1 is 1.19 bits per heavy atom. The first kappa shape index (κ1) is 18.4. The number of hydrogen-bond acceptors (Lipinski definition) is 3. The molecular formula is C15H20Cl3NO2. The van der Waals surface area contributed by atoms with Crippen molar-refractivity contribution in [1.29, 1.82) is 0 Å². The van der Waals surface area contributed by atoms with E-state index in [1.807, 2.05) is 13.0 Å². The van der Waals surface area contributed by atoms with Crippen LogP contribution in [-0.4, -0.2) is 19.8 Å². The van der Waals surface area contributed by atoms with Crippen molar-refractivity contribution in [3.05, 3.63) is 33.3 Å². The first-order valence-electron chi connectivity index (χ1n) is 6.81. The minimum absolute atomic E-state index is 0.176. The third-order valence-electron chi connectivity index (χ3n) is 2.79. The largest absolute Gasteiger partial charge is 0.492 e. The van der Waals surface area contributed by atoms with Gasteiger partial charge in [0.2, 0.25) is 0 Å². The Hall–Kier alpha value is -0.610. The van der Waals surface area contributed by atoms with E-state index in [0.717, 1.165) is 24.8 Å². The fourth-order valence-corrected chi connectivity index (χ4v) is 2.20. The molecule has 0 bridgehead atoms. The van der Waals surface area contributed by atoms with Crippen molar-refractivity contribution in [2.24, 2.45) is 5.73 Å². The second kappa shape index (κ2) is 10.2. The number of rotatable bonds is 9. The SMILES string of the molecule is Cc1cc(OCC=C(Cl)Cl)cc(Cl)c1OCCCCCN. The second-order valence-electron chi connectivity index (χ2n) is 4.55. The van der Waals surface area contributed by atoms with E-state index in [1.54, 1.807) is 12.1 Å². The van der Waals surface area contributed by atoms with Gasteiger partial charge in [0.1, 0.15) is 22.6 Å². The highest BCUT2D eigenvalue weighted by Crippen LogP contribution is 2.33. The maximum atomic E-state index is 6.22. The lowest BCUT2D eigenvalue weighted by Crippen LogP contribution is -2.03. The Kier molecular flexibility index (Phi) is 8.93. The molecule has 0 atom stereocenters. The topological polar surface area (TPSA) is 44.5 Å². The molecule has 0 saturated carbocycles. The van der Waals surface area contributed by atoms with E-state index in [2.05, 4.69) is 0 Å². The Morgan fingerprint density at radius 3 is 2.57 bits per heavy atom. The van der Waals surface area contributed by atoms with Gasteiger partial charge < -0.3 is 15.2 Å². The smallest absolute Gasteiger partial charge is 0.141 e. The number of nitrogens with two attached hydrogens (primary N) is 1. The quantitative estimate of drug-likeness (QED) is 0.646. The van der Waals surface area contributed by atoms with Gasteiger partial charge in [0.15, 0.2) is 0 Å². The van der Waals surface area contributed by atoms with Crippen molar-refractivity contribution < 1.29 is 9.47 Å². The van der Waals surface area contributed by atoms with Crippen LogP contribution in [0, 0.1) is 6.92 Å². The van der Waals surface area contributed by atoms with Crippen LogP contribution >= 0.6 is 34.8 Å². The summed E-state index contributed by atoms with van der Waals surface area (Å²) in [6.07, 6.45) is 4.60. The van der Waals surface area contributed by atoms with Gasteiger partial charge in [-0.25, -0.2) is 0 Å². The Morgan fingerprint density at radius 2 is 1.95 bits per heavy atom. The summed E-state index contributed by atoms with van der Waals surface area (Å²) in [7, 11) is 0. The monoisotopic (exact) mass is 351 g/mol. The minimum Gasteiger partial charge on any atom is -0.492 e. The highest BCUT2D eigenvalue weighted by atomic mass is 35.5. The zero-order chi connectivity index (χ0) is 15.7. The molecule has 0 aliphatic heterocycles. The summed E-state index contributed by atoms with van der Waals surface area (Å²) < 4.78 is 11.4. The summed E-state index contributed by atoms with van der Waals surface area (Å²) in [5, 5.41) is 0.532. The average Bonchev–Trinajstić information content (AvgIpc) is 2.40. The summed E-state index contributed by atoms with van der Waals surface area (Å²) in [5.41, 5.74) is 6.38. The Balaban J connectivity index is 2.56. The molecule has 0 aromatic heterocycles. The molecule has 118 valence electrons. The van der Waals surface area contributed by atoms with Gasteiger partial charge in [0.05, 0.1) is 11.6 Å². The van der Waals surface area contributed by atoms with Gasteiger partial charge in [-0.15, -0.1) is 0 Å². The maximum Gasteiger partial charge on any atom is 0.141 e. The van der Waals surface area contributed by atoms with Gasteiger partial charge in [0.25, 0.3) is 0 Å². The first-order valence-corrected chi connectivity index (χ1v) is 7.95. The van der Waals surface area contributed by atoms with Crippen molar-refractivity contribution in [3.63, 3.8) is 0 Å². The predicted octanol–water partition coefficient (Wildman–Crippen LogP) is 4.85. The molecule has 21 heavy (non-hydrogen) atoms. The fourth-order valence-electron chi connectivity index (χ4n) is 1.76. The molecule has 1 aromatic carbocycles. The molecule has 0 spiro atoms. The van der Waals surface area contributed by atoms with E-state index in [9.17, 15) is 0 Å². The number of aryl methyl sites for hydroxylation is 1. The first-order chi connectivity index (χ1) is 10.0. The molecule has 0 radical (unpaired) electrons. The summed E-state index contributed by atoms with van der Waals surface area (Å²) in [5.74, 6) is 1.35. The summed E-state index contributed by atoms with van der Waals surface area (Å²) in [6.45, 7) is 3.56. The van der Waals surface area contributed by atoms with Crippen LogP contribution in [0.25, 0.3) is 0 Å². The Labute approximate surface area is 141 Å². The van der Waals surface area contributed by atoms with E-state index in [1.165, 1.54) is 0 Å². The molecule has 6 heteroatoms.